The predicted octanol–water partition coefficient (Wildman–Crippen LogP) is 3.22. The Morgan fingerprint density at radius 1 is 1.19 bits per heavy atom. The van der Waals surface area contributed by atoms with Crippen molar-refractivity contribution < 1.29 is 17.9 Å². The first-order chi connectivity index (χ1) is 15.3. The Hall–Kier alpha value is -3.48. The van der Waals surface area contributed by atoms with E-state index in [9.17, 15) is 18.0 Å². The van der Waals surface area contributed by atoms with Gasteiger partial charge in [0.2, 0.25) is 5.43 Å². The monoisotopic (exact) mass is 491 g/mol. The standard InChI is InChI=1S/C19H14ClN5O5S2/c1-30-11-3-4-12-14(8-11)23-24-17(18(12)26)13-5-2-10(9-21-13)22-19(27)25-32(28,29)16-7-6-15(20)31-16/h2-9H,1H3,(H,23,26)(H2,22,25,27). The van der Waals surface area contributed by atoms with Crippen molar-refractivity contribution in [1.29, 1.82) is 0 Å². The van der Waals surface area contributed by atoms with Crippen LogP contribution >= 0.6 is 22.9 Å². The molecule has 0 unspecified atom stereocenters. The minimum absolute atomic E-state index is 0.0923. The average molecular weight is 492 g/mol. The second-order valence-corrected chi connectivity index (χ2v) is 9.99. The average Bonchev–Trinajstić information content (AvgIpc) is 3.21. The van der Waals surface area contributed by atoms with Crippen molar-refractivity contribution in [3.05, 3.63) is 63.2 Å². The van der Waals surface area contributed by atoms with E-state index in [1.807, 2.05) is 4.72 Å². The van der Waals surface area contributed by atoms with Crippen LogP contribution in [-0.4, -0.2) is 36.7 Å². The van der Waals surface area contributed by atoms with Gasteiger partial charge in [-0.15, -0.1) is 11.3 Å². The Kier molecular flexibility index (Phi) is 5.82. The summed E-state index contributed by atoms with van der Waals surface area (Å²) < 4.78 is 31.6. The van der Waals surface area contributed by atoms with Gasteiger partial charge in [-0.05, 0) is 36.4 Å². The molecule has 0 bridgehead atoms. The number of carbonyl (C=O) groups excluding carboxylic acids is 1. The number of aromatic amines is 1. The van der Waals surface area contributed by atoms with E-state index in [4.69, 9.17) is 16.3 Å². The van der Waals surface area contributed by atoms with Crippen LogP contribution in [0.5, 0.6) is 5.75 Å². The summed E-state index contributed by atoms with van der Waals surface area (Å²) in [6.45, 7) is 0. The van der Waals surface area contributed by atoms with Gasteiger partial charge in [-0.3, -0.25) is 14.9 Å². The number of anilines is 1. The lowest BCUT2D eigenvalue weighted by atomic mass is 10.1. The number of H-pyrrole nitrogens is 1. The third-order valence-corrected chi connectivity index (χ3v) is 7.33. The maximum atomic E-state index is 12.8. The molecule has 0 aliphatic rings. The van der Waals surface area contributed by atoms with Crippen LogP contribution in [0.4, 0.5) is 10.5 Å². The number of aromatic nitrogens is 3. The Balaban J connectivity index is 1.51. The van der Waals surface area contributed by atoms with Gasteiger partial charge in [-0.2, -0.15) is 5.10 Å². The number of pyridine rings is 1. The van der Waals surface area contributed by atoms with E-state index in [-0.39, 0.29) is 31.0 Å². The number of urea groups is 1. The first kappa shape index (κ1) is 21.7. The SMILES string of the molecule is COc1ccc2c(=O)c(-c3ccc(NC(=O)NS(=O)(=O)c4ccc(Cl)s4)cn3)n[nH]c2c1. The van der Waals surface area contributed by atoms with Crippen LogP contribution in [0.15, 0.2) is 57.7 Å². The Bertz CT molecular complexity index is 1480. The number of hydrogen-bond acceptors (Lipinski definition) is 8. The van der Waals surface area contributed by atoms with Gasteiger partial charge in [0.15, 0.2) is 5.69 Å². The molecule has 32 heavy (non-hydrogen) atoms. The van der Waals surface area contributed by atoms with Crippen LogP contribution < -0.4 is 20.2 Å². The Morgan fingerprint density at radius 2 is 2.00 bits per heavy atom. The van der Waals surface area contributed by atoms with Crippen LogP contribution in [0.1, 0.15) is 0 Å². The summed E-state index contributed by atoms with van der Waals surface area (Å²) in [4.78, 5) is 29.0. The first-order valence-corrected chi connectivity index (χ1v) is 11.6. The van der Waals surface area contributed by atoms with E-state index in [0.29, 0.717) is 16.7 Å². The number of nitrogens with one attached hydrogen (secondary N) is 3. The highest BCUT2D eigenvalue weighted by Gasteiger charge is 2.20. The number of fused-ring (bicyclic) bond motifs is 1. The van der Waals surface area contributed by atoms with Crippen LogP contribution in [0.25, 0.3) is 22.3 Å². The topological polar surface area (TPSA) is 143 Å². The van der Waals surface area contributed by atoms with Gasteiger partial charge < -0.3 is 10.1 Å². The molecule has 0 saturated carbocycles. The van der Waals surface area contributed by atoms with Crippen LogP contribution in [0.3, 0.4) is 0 Å². The molecular weight excluding hydrogens is 478 g/mol. The molecule has 0 atom stereocenters. The molecule has 0 spiro atoms. The summed E-state index contributed by atoms with van der Waals surface area (Å²) >= 11 is 6.56. The number of sulfonamides is 1. The minimum atomic E-state index is -4.05. The van der Waals surface area contributed by atoms with Crippen molar-refractivity contribution in [2.75, 3.05) is 12.4 Å². The number of halogens is 1. The summed E-state index contributed by atoms with van der Waals surface area (Å²) in [5.74, 6) is 0.582. The molecule has 0 radical (unpaired) electrons. The minimum Gasteiger partial charge on any atom is -0.497 e. The van der Waals surface area contributed by atoms with Gasteiger partial charge in [0.25, 0.3) is 10.0 Å². The zero-order chi connectivity index (χ0) is 22.9. The number of hydrogen-bond donors (Lipinski definition) is 3. The molecule has 164 valence electrons. The van der Waals surface area contributed by atoms with Crippen LogP contribution in [0.2, 0.25) is 4.34 Å². The number of ether oxygens (including phenoxy) is 1. The fourth-order valence-corrected chi connectivity index (χ4v) is 5.18. The summed E-state index contributed by atoms with van der Waals surface area (Å²) in [5.41, 5.74) is 0.772. The molecule has 0 aliphatic heterocycles. The maximum absolute atomic E-state index is 12.8. The summed E-state index contributed by atoms with van der Waals surface area (Å²) in [6.07, 6.45) is 1.28. The summed E-state index contributed by atoms with van der Waals surface area (Å²) in [5, 5.41) is 9.67. The van der Waals surface area contributed by atoms with Crippen molar-refractivity contribution in [2.24, 2.45) is 0 Å². The van der Waals surface area contributed by atoms with Crippen LogP contribution in [0, 0.1) is 0 Å². The molecule has 4 rings (SSSR count). The number of methoxy groups -OCH3 is 1. The highest BCUT2D eigenvalue weighted by Crippen LogP contribution is 2.25. The van der Waals surface area contributed by atoms with Gasteiger partial charge in [0.05, 0.1) is 34.5 Å². The van der Waals surface area contributed by atoms with Crippen LogP contribution in [-0.2, 0) is 10.0 Å². The second-order valence-electron chi connectivity index (χ2n) is 6.36. The normalized spacial score (nSPS) is 11.3. The van der Waals surface area contributed by atoms with Gasteiger partial charge >= 0.3 is 6.03 Å². The van der Waals surface area contributed by atoms with Crippen molar-refractivity contribution >= 4 is 55.6 Å². The molecule has 13 heteroatoms. The van der Waals surface area contributed by atoms with Gasteiger partial charge in [-0.25, -0.2) is 17.9 Å². The maximum Gasteiger partial charge on any atom is 0.333 e. The van der Waals surface area contributed by atoms with E-state index in [1.54, 1.807) is 18.2 Å². The zero-order valence-electron chi connectivity index (χ0n) is 16.2. The Morgan fingerprint density at radius 3 is 2.66 bits per heavy atom. The first-order valence-electron chi connectivity index (χ1n) is 8.89. The largest absolute Gasteiger partial charge is 0.497 e. The fraction of sp³-hybridized carbons (Fsp3) is 0.0526. The molecule has 3 heterocycles. The molecule has 10 nitrogen and oxygen atoms in total. The van der Waals surface area contributed by atoms with E-state index >= 15 is 0 Å². The molecule has 1 aromatic carbocycles. The third-order valence-electron chi connectivity index (χ3n) is 4.28. The summed E-state index contributed by atoms with van der Waals surface area (Å²) in [7, 11) is -2.53. The molecule has 3 N–H and O–H groups in total. The molecule has 0 fully saturated rings. The lowest BCUT2D eigenvalue weighted by Gasteiger charge is -2.08. The molecule has 0 aliphatic carbocycles. The quantitative estimate of drug-likeness (QED) is 0.389. The number of rotatable bonds is 5. The van der Waals surface area contributed by atoms with E-state index in [2.05, 4.69) is 20.5 Å². The predicted molar refractivity (Wildman–Crippen MR) is 121 cm³/mol. The van der Waals surface area contributed by atoms with E-state index in [0.717, 1.165) is 11.3 Å². The van der Waals surface area contributed by atoms with Crippen molar-refractivity contribution in [3.63, 3.8) is 0 Å². The van der Waals surface area contributed by atoms with Crippen molar-refractivity contribution in [1.82, 2.24) is 19.9 Å². The Labute approximate surface area is 190 Å². The van der Waals surface area contributed by atoms with Crippen molar-refractivity contribution in [3.8, 4) is 17.1 Å². The number of benzene rings is 1. The molecule has 3 aromatic heterocycles. The molecule has 2 amide bonds. The molecular formula is C19H14ClN5O5S2. The fourth-order valence-electron chi connectivity index (χ4n) is 2.79. The van der Waals surface area contributed by atoms with Gasteiger partial charge in [0, 0.05) is 11.5 Å². The second kappa shape index (κ2) is 8.57. The number of carbonyl (C=O) groups is 1. The van der Waals surface area contributed by atoms with Gasteiger partial charge in [0.1, 0.15) is 9.96 Å². The highest BCUT2D eigenvalue weighted by atomic mass is 35.5. The number of thiophene rings is 1. The molecule has 0 saturated heterocycles. The van der Waals surface area contributed by atoms with Crippen molar-refractivity contribution in [2.45, 2.75) is 4.21 Å². The smallest absolute Gasteiger partial charge is 0.333 e. The lowest BCUT2D eigenvalue weighted by Crippen LogP contribution is -2.33. The highest BCUT2D eigenvalue weighted by molar-refractivity contribution is 7.92. The number of amides is 2. The number of nitrogens with zero attached hydrogens (tertiary/aromatic N) is 2. The summed E-state index contributed by atoms with van der Waals surface area (Å²) in [6, 6.07) is 9.64. The molecule has 4 aromatic rings. The van der Waals surface area contributed by atoms with E-state index in [1.165, 1.54) is 37.6 Å². The third kappa shape index (κ3) is 4.42. The van der Waals surface area contributed by atoms with E-state index < -0.39 is 16.1 Å². The van der Waals surface area contributed by atoms with Gasteiger partial charge in [-0.1, -0.05) is 11.6 Å². The zero-order valence-corrected chi connectivity index (χ0v) is 18.6. The lowest BCUT2D eigenvalue weighted by molar-refractivity contribution is 0.256.